The number of carbonyl (C=O) groups is 1. The monoisotopic (exact) mass is 348 g/mol. The van der Waals surface area contributed by atoms with Crippen molar-refractivity contribution in [2.75, 3.05) is 6.54 Å². The van der Waals surface area contributed by atoms with E-state index in [9.17, 15) is 4.79 Å². The molecule has 1 amide bonds. The largest absolute Gasteiger partial charge is 0.343 e. The van der Waals surface area contributed by atoms with Crippen LogP contribution in [0.1, 0.15) is 47.2 Å². The van der Waals surface area contributed by atoms with Crippen LogP contribution in [0.5, 0.6) is 0 Å². The number of rotatable bonds is 3. The van der Waals surface area contributed by atoms with E-state index in [1.807, 2.05) is 17.9 Å². The fourth-order valence-electron chi connectivity index (χ4n) is 3.37. The molecule has 0 radical (unpaired) electrons. The Morgan fingerprint density at radius 1 is 1.19 bits per heavy atom. The molecule has 1 unspecified atom stereocenters. The number of H-pyrrole nitrogens is 1. The van der Waals surface area contributed by atoms with Gasteiger partial charge in [-0.2, -0.15) is 0 Å². The van der Waals surface area contributed by atoms with Gasteiger partial charge in [-0.25, -0.2) is 15.0 Å². The minimum Gasteiger partial charge on any atom is -0.343 e. The second-order valence-corrected chi connectivity index (χ2v) is 6.44. The SMILES string of the molecule is Cc1cc(-c2ncc[nH]2)nc(C2CCCCN2C(=O)c2ccncc2)n1. The molecular weight excluding hydrogens is 328 g/mol. The highest BCUT2D eigenvalue weighted by Crippen LogP contribution is 2.31. The molecule has 7 heteroatoms. The minimum absolute atomic E-state index is 0.00162. The van der Waals surface area contributed by atoms with Crippen LogP contribution in [0.3, 0.4) is 0 Å². The van der Waals surface area contributed by atoms with Crippen molar-refractivity contribution in [2.45, 2.75) is 32.2 Å². The molecule has 1 aliphatic heterocycles. The topological polar surface area (TPSA) is 87.7 Å². The second kappa shape index (κ2) is 7.03. The zero-order valence-corrected chi connectivity index (χ0v) is 14.6. The van der Waals surface area contributed by atoms with E-state index in [2.05, 4.69) is 19.9 Å². The third kappa shape index (κ3) is 3.20. The van der Waals surface area contributed by atoms with Gasteiger partial charge in [-0.05, 0) is 44.4 Å². The summed E-state index contributed by atoms with van der Waals surface area (Å²) in [4.78, 5) is 35.6. The number of likely N-dealkylation sites (tertiary alicyclic amines) is 1. The summed E-state index contributed by atoms with van der Waals surface area (Å²) in [6.07, 6.45) is 9.66. The Morgan fingerprint density at radius 2 is 2.04 bits per heavy atom. The molecule has 1 atom stereocenters. The van der Waals surface area contributed by atoms with Crippen molar-refractivity contribution in [1.82, 2.24) is 29.8 Å². The van der Waals surface area contributed by atoms with Crippen molar-refractivity contribution in [3.8, 4) is 11.5 Å². The summed E-state index contributed by atoms with van der Waals surface area (Å²) in [6.45, 7) is 2.65. The summed E-state index contributed by atoms with van der Waals surface area (Å²) < 4.78 is 0. The number of aromatic amines is 1. The molecule has 1 aliphatic rings. The van der Waals surface area contributed by atoms with E-state index in [-0.39, 0.29) is 11.9 Å². The third-order valence-corrected chi connectivity index (χ3v) is 4.60. The predicted molar refractivity (Wildman–Crippen MR) is 96.2 cm³/mol. The standard InChI is InChI=1S/C19H20N6O/c1-13-12-15(17-21-9-10-22-17)24-18(23-13)16-4-2-3-11-25(16)19(26)14-5-7-20-8-6-14/h5-10,12,16H,2-4,11H2,1H3,(H,21,22). The number of piperidine rings is 1. The Kier molecular flexibility index (Phi) is 4.43. The number of pyridine rings is 1. The number of imidazole rings is 1. The van der Waals surface area contributed by atoms with Crippen LogP contribution in [0.4, 0.5) is 0 Å². The number of nitrogens with zero attached hydrogens (tertiary/aromatic N) is 5. The molecule has 4 rings (SSSR count). The number of aryl methyl sites for hydroxylation is 1. The first-order valence-corrected chi connectivity index (χ1v) is 8.79. The molecule has 3 aromatic rings. The van der Waals surface area contributed by atoms with E-state index in [0.717, 1.165) is 30.7 Å². The van der Waals surface area contributed by atoms with Gasteiger partial charge in [0.1, 0.15) is 5.69 Å². The van der Waals surface area contributed by atoms with Crippen molar-refractivity contribution < 1.29 is 4.79 Å². The summed E-state index contributed by atoms with van der Waals surface area (Å²) in [5, 5.41) is 0. The lowest BCUT2D eigenvalue weighted by molar-refractivity contribution is 0.0599. The maximum Gasteiger partial charge on any atom is 0.254 e. The van der Waals surface area contributed by atoms with E-state index >= 15 is 0 Å². The van der Waals surface area contributed by atoms with Crippen LogP contribution in [-0.2, 0) is 0 Å². The van der Waals surface area contributed by atoms with Gasteiger partial charge in [0.05, 0.1) is 6.04 Å². The first-order valence-electron chi connectivity index (χ1n) is 8.79. The number of aromatic nitrogens is 5. The highest BCUT2D eigenvalue weighted by molar-refractivity contribution is 5.94. The lowest BCUT2D eigenvalue weighted by Gasteiger charge is -2.35. The van der Waals surface area contributed by atoms with E-state index in [1.165, 1.54) is 0 Å². The Hall–Kier alpha value is -3.09. The van der Waals surface area contributed by atoms with E-state index in [1.54, 1.807) is 36.9 Å². The summed E-state index contributed by atoms with van der Waals surface area (Å²) in [5.74, 6) is 1.39. The molecule has 132 valence electrons. The van der Waals surface area contributed by atoms with Crippen LogP contribution in [0, 0.1) is 6.92 Å². The van der Waals surface area contributed by atoms with Crippen molar-refractivity contribution in [3.63, 3.8) is 0 Å². The average Bonchev–Trinajstić information content (AvgIpc) is 3.22. The van der Waals surface area contributed by atoms with Crippen LogP contribution in [0.15, 0.2) is 43.0 Å². The molecule has 7 nitrogen and oxygen atoms in total. The molecule has 3 aromatic heterocycles. The molecule has 1 N–H and O–H groups in total. The van der Waals surface area contributed by atoms with Crippen molar-refractivity contribution >= 4 is 5.91 Å². The quantitative estimate of drug-likeness (QED) is 0.786. The molecule has 0 bridgehead atoms. The Bertz CT molecular complexity index is 894. The van der Waals surface area contributed by atoms with E-state index < -0.39 is 0 Å². The Balaban J connectivity index is 1.69. The fraction of sp³-hybridized carbons (Fsp3) is 0.316. The van der Waals surface area contributed by atoms with Gasteiger partial charge in [0.2, 0.25) is 0 Å². The van der Waals surface area contributed by atoms with Crippen LogP contribution in [-0.4, -0.2) is 42.3 Å². The highest BCUT2D eigenvalue weighted by Gasteiger charge is 2.31. The molecule has 1 fully saturated rings. The molecule has 1 saturated heterocycles. The second-order valence-electron chi connectivity index (χ2n) is 6.44. The molecule has 0 aromatic carbocycles. The average molecular weight is 348 g/mol. The van der Waals surface area contributed by atoms with Crippen LogP contribution in [0.25, 0.3) is 11.5 Å². The Labute approximate surface area is 151 Å². The van der Waals surface area contributed by atoms with Crippen molar-refractivity contribution in [1.29, 1.82) is 0 Å². The fourth-order valence-corrected chi connectivity index (χ4v) is 3.37. The van der Waals surface area contributed by atoms with Gasteiger partial charge in [-0.1, -0.05) is 0 Å². The van der Waals surface area contributed by atoms with Crippen LogP contribution < -0.4 is 0 Å². The van der Waals surface area contributed by atoms with Crippen molar-refractivity contribution in [3.05, 3.63) is 60.1 Å². The van der Waals surface area contributed by atoms with E-state index in [4.69, 9.17) is 4.98 Å². The normalized spacial score (nSPS) is 17.3. The summed E-state index contributed by atoms with van der Waals surface area (Å²) >= 11 is 0. The van der Waals surface area contributed by atoms with E-state index in [0.29, 0.717) is 23.8 Å². The van der Waals surface area contributed by atoms with Crippen molar-refractivity contribution in [2.24, 2.45) is 0 Å². The molecule has 4 heterocycles. The Morgan fingerprint density at radius 3 is 2.81 bits per heavy atom. The molecule has 0 saturated carbocycles. The van der Waals surface area contributed by atoms with Gasteiger partial charge >= 0.3 is 0 Å². The van der Waals surface area contributed by atoms with Gasteiger partial charge in [-0.15, -0.1) is 0 Å². The maximum atomic E-state index is 13.0. The zero-order valence-electron chi connectivity index (χ0n) is 14.6. The molecule has 26 heavy (non-hydrogen) atoms. The van der Waals surface area contributed by atoms with Gasteiger partial charge in [0, 0.05) is 42.6 Å². The molecule has 0 spiro atoms. The molecule has 0 aliphatic carbocycles. The lowest BCUT2D eigenvalue weighted by Crippen LogP contribution is -2.39. The minimum atomic E-state index is -0.127. The van der Waals surface area contributed by atoms with Crippen LogP contribution in [0.2, 0.25) is 0 Å². The number of amides is 1. The molecular formula is C19H20N6O. The summed E-state index contributed by atoms with van der Waals surface area (Å²) in [7, 11) is 0. The first-order chi connectivity index (χ1) is 12.7. The summed E-state index contributed by atoms with van der Waals surface area (Å²) in [5.41, 5.74) is 2.26. The maximum absolute atomic E-state index is 13.0. The first kappa shape index (κ1) is 16.4. The highest BCUT2D eigenvalue weighted by atomic mass is 16.2. The van der Waals surface area contributed by atoms with Gasteiger partial charge in [0.15, 0.2) is 11.6 Å². The summed E-state index contributed by atoms with van der Waals surface area (Å²) in [6, 6.07) is 5.27. The number of nitrogens with one attached hydrogen (secondary N) is 1. The van der Waals surface area contributed by atoms with Gasteiger partial charge in [-0.3, -0.25) is 9.78 Å². The van der Waals surface area contributed by atoms with Crippen LogP contribution >= 0.6 is 0 Å². The predicted octanol–water partition coefficient (Wildman–Crippen LogP) is 2.94. The van der Waals surface area contributed by atoms with Gasteiger partial charge < -0.3 is 9.88 Å². The number of hydrogen-bond donors (Lipinski definition) is 1. The number of carbonyl (C=O) groups excluding carboxylic acids is 1. The number of hydrogen-bond acceptors (Lipinski definition) is 5. The zero-order chi connectivity index (χ0) is 17.9. The van der Waals surface area contributed by atoms with Gasteiger partial charge in [0.25, 0.3) is 5.91 Å². The smallest absolute Gasteiger partial charge is 0.254 e. The third-order valence-electron chi connectivity index (χ3n) is 4.60. The lowest BCUT2D eigenvalue weighted by atomic mass is 10.00.